The highest BCUT2D eigenvalue weighted by Crippen LogP contribution is 2.52. The molecule has 0 amide bonds. The fourth-order valence-corrected chi connectivity index (χ4v) is 8.58. The monoisotopic (exact) mass is 762 g/mol. The maximum atomic E-state index is 6.90. The zero-order chi connectivity index (χ0) is 31.4. The van der Waals surface area contributed by atoms with Gasteiger partial charge in [-0.1, -0.05) is 66.2 Å². The number of thiophene rings is 2. The first-order valence-corrected chi connectivity index (χ1v) is 19.2. The second kappa shape index (κ2) is 15.1. The molecule has 0 aliphatic rings. The summed E-state index contributed by atoms with van der Waals surface area (Å²) in [6.45, 7) is 10.5. The molecule has 4 aromatic heterocycles. The molecule has 5 rings (SSSR count). The Kier molecular flexibility index (Phi) is 11.5. The van der Waals surface area contributed by atoms with Crippen LogP contribution in [0, 0.1) is 11.8 Å². The molecule has 44 heavy (non-hydrogen) atoms. The maximum absolute atomic E-state index is 6.90. The Balaban J connectivity index is 1.70. The zero-order valence-electron chi connectivity index (χ0n) is 26.7. The molecule has 5 aromatic rings. The van der Waals surface area contributed by atoms with E-state index in [2.05, 4.69) is 80.8 Å². The minimum atomic E-state index is 0.522. The number of hydrogen-bond donors (Lipinski definition) is 0. The third-order valence-electron chi connectivity index (χ3n) is 8.68. The van der Waals surface area contributed by atoms with Crippen molar-refractivity contribution in [3.05, 3.63) is 33.7 Å². The van der Waals surface area contributed by atoms with E-state index in [1.807, 2.05) is 26.5 Å². The van der Waals surface area contributed by atoms with Crippen LogP contribution in [0.5, 0.6) is 11.5 Å². The first kappa shape index (κ1) is 33.5. The molecular formula is C34H44Br2N4O2S2. The summed E-state index contributed by atoms with van der Waals surface area (Å²) in [7, 11) is 4.08. The molecular weight excluding hydrogens is 720 g/mol. The highest BCUT2D eigenvalue weighted by molar-refractivity contribution is 9.10. The summed E-state index contributed by atoms with van der Waals surface area (Å²) in [5.74, 6) is 4.81. The Labute approximate surface area is 286 Å². The van der Waals surface area contributed by atoms with Gasteiger partial charge in [0.15, 0.2) is 11.6 Å². The predicted octanol–water partition coefficient (Wildman–Crippen LogP) is 11.6. The molecule has 0 saturated carbocycles. The smallest absolute Gasteiger partial charge is 0.150 e. The van der Waals surface area contributed by atoms with Crippen LogP contribution in [0.3, 0.4) is 0 Å². The van der Waals surface area contributed by atoms with Gasteiger partial charge in [-0.05, 0) is 68.7 Å². The lowest BCUT2D eigenvalue weighted by Crippen LogP contribution is -2.12. The van der Waals surface area contributed by atoms with Gasteiger partial charge in [0.1, 0.15) is 20.7 Å². The Bertz CT molecular complexity index is 1530. The Morgan fingerprint density at radius 1 is 0.705 bits per heavy atom. The molecule has 2 atom stereocenters. The third-order valence-corrected chi connectivity index (χ3v) is 12.4. The molecule has 0 fully saturated rings. The molecule has 10 heteroatoms. The Morgan fingerprint density at radius 2 is 1.11 bits per heavy atom. The van der Waals surface area contributed by atoms with Crippen molar-refractivity contribution in [1.29, 1.82) is 0 Å². The molecule has 4 heterocycles. The number of halogens is 2. The number of hydrogen-bond acceptors (Lipinski definition) is 6. The van der Waals surface area contributed by atoms with Crippen LogP contribution >= 0.6 is 54.5 Å². The van der Waals surface area contributed by atoms with Gasteiger partial charge in [-0.25, -0.2) is 9.97 Å². The molecule has 0 spiro atoms. The van der Waals surface area contributed by atoms with Crippen molar-refractivity contribution in [2.45, 2.75) is 79.1 Å². The van der Waals surface area contributed by atoms with Crippen molar-refractivity contribution in [3.8, 4) is 32.9 Å². The van der Waals surface area contributed by atoms with Crippen LogP contribution in [0.25, 0.3) is 41.6 Å². The highest BCUT2D eigenvalue weighted by atomic mass is 79.9. The van der Waals surface area contributed by atoms with Crippen molar-refractivity contribution in [3.63, 3.8) is 0 Å². The summed E-state index contributed by atoms with van der Waals surface area (Å²) in [5, 5.41) is 2.21. The van der Waals surface area contributed by atoms with E-state index in [9.17, 15) is 0 Å². The van der Waals surface area contributed by atoms with Gasteiger partial charge in [-0.3, -0.25) is 0 Å². The van der Waals surface area contributed by atoms with Crippen LogP contribution in [0.4, 0.5) is 0 Å². The van der Waals surface area contributed by atoms with E-state index < -0.39 is 0 Å². The summed E-state index contributed by atoms with van der Waals surface area (Å²) in [6, 6.07) is 4.52. The molecule has 2 unspecified atom stereocenters. The lowest BCUT2D eigenvalue weighted by Gasteiger charge is -2.19. The summed E-state index contributed by atoms with van der Waals surface area (Å²) in [5.41, 5.74) is 0. The predicted molar refractivity (Wildman–Crippen MR) is 195 cm³/mol. The van der Waals surface area contributed by atoms with Gasteiger partial charge in [0.2, 0.25) is 0 Å². The van der Waals surface area contributed by atoms with Gasteiger partial charge >= 0.3 is 0 Å². The zero-order valence-corrected chi connectivity index (χ0v) is 31.5. The molecule has 0 aliphatic heterocycles. The SMILES string of the molecule is CCCCC(CC)COc1c2cc(-c3ncc(Br)n3C)sc2c(OCC(CC)CCCC)c2cc(-c3ncc(Br)n3C)sc12. The van der Waals surface area contributed by atoms with E-state index in [4.69, 9.17) is 19.4 Å². The number of ether oxygens (including phenoxy) is 2. The van der Waals surface area contributed by atoms with E-state index in [-0.39, 0.29) is 0 Å². The molecule has 6 nitrogen and oxygen atoms in total. The number of aromatic nitrogens is 4. The molecule has 0 N–H and O–H groups in total. The second-order valence-corrected chi connectivity index (χ2v) is 15.5. The van der Waals surface area contributed by atoms with Crippen molar-refractivity contribution in [1.82, 2.24) is 19.1 Å². The van der Waals surface area contributed by atoms with Gasteiger partial charge < -0.3 is 18.6 Å². The summed E-state index contributed by atoms with van der Waals surface area (Å²) >= 11 is 10.8. The van der Waals surface area contributed by atoms with E-state index in [0.29, 0.717) is 25.0 Å². The number of fused-ring (bicyclic) bond motifs is 2. The van der Waals surface area contributed by atoms with Gasteiger partial charge in [0, 0.05) is 24.9 Å². The van der Waals surface area contributed by atoms with Crippen LogP contribution in [0.1, 0.15) is 79.1 Å². The second-order valence-electron chi connectivity index (χ2n) is 11.7. The minimum Gasteiger partial charge on any atom is -0.491 e. The van der Waals surface area contributed by atoms with Crippen molar-refractivity contribution in [2.75, 3.05) is 13.2 Å². The maximum Gasteiger partial charge on any atom is 0.150 e. The fraction of sp³-hybridized carbons (Fsp3) is 0.529. The molecule has 0 radical (unpaired) electrons. The van der Waals surface area contributed by atoms with Crippen LogP contribution in [0.2, 0.25) is 0 Å². The lowest BCUT2D eigenvalue weighted by molar-refractivity contribution is 0.235. The van der Waals surface area contributed by atoms with Crippen LogP contribution in [-0.4, -0.2) is 32.3 Å². The third kappa shape index (κ3) is 6.93. The number of benzene rings is 1. The van der Waals surface area contributed by atoms with E-state index in [1.165, 1.54) is 38.5 Å². The number of nitrogens with zero attached hydrogens (tertiary/aromatic N) is 4. The molecule has 0 saturated heterocycles. The quantitative estimate of drug-likeness (QED) is 0.100. The van der Waals surface area contributed by atoms with Crippen LogP contribution in [-0.2, 0) is 14.1 Å². The number of unbranched alkanes of at least 4 members (excludes halogenated alkanes) is 2. The van der Waals surface area contributed by atoms with Gasteiger partial charge in [-0.15, -0.1) is 22.7 Å². The van der Waals surface area contributed by atoms with Crippen LogP contribution in [0.15, 0.2) is 33.7 Å². The van der Waals surface area contributed by atoms with Gasteiger partial charge in [-0.2, -0.15) is 0 Å². The standard InChI is InChI=1S/C34H44Br2N4O2S2/c1-7-11-13-21(9-3)19-41-29-23-15-25(33-37-17-27(35)39(33)5)44-32(23)30(42-20-22(10-4)14-12-8-2)24-16-26(43-31(24)29)34-38-18-28(36)40(34)6/h15-18,21-22H,7-14,19-20H2,1-6H3. The van der Waals surface area contributed by atoms with Gasteiger partial charge in [0.25, 0.3) is 0 Å². The van der Waals surface area contributed by atoms with Gasteiger partial charge in [0.05, 0.1) is 44.8 Å². The normalized spacial score (nSPS) is 13.3. The average molecular weight is 765 g/mol. The van der Waals surface area contributed by atoms with Crippen molar-refractivity contribution < 1.29 is 9.47 Å². The highest BCUT2D eigenvalue weighted by Gasteiger charge is 2.26. The summed E-state index contributed by atoms with van der Waals surface area (Å²) in [6.07, 6.45) is 13.2. The summed E-state index contributed by atoms with van der Waals surface area (Å²) in [4.78, 5) is 11.7. The largest absolute Gasteiger partial charge is 0.491 e. The van der Waals surface area contributed by atoms with E-state index >= 15 is 0 Å². The Hall–Kier alpha value is -1.88. The van der Waals surface area contributed by atoms with Crippen molar-refractivity contribution in [2.24, 2.45) is 25.9 Å². The van der Waals surface area contributed by atoms with Crippen LogP contribution < -0.4 is 9.47 Å². The summed E-state index contributed by atoms with van der Waals surface area (Å²) < 4.78 is 22.1. The number of imidazole rings is 2. The van der Waals surface area contributed by atoms with E-state index in [0.717, 1.165) is 75.1 Å². The van der Waals surface area contributed by atoms with E-state index in [1.54, 1.807) is 22.7 Å². The Morgan fingerprint density at radius 3 is 1.43 bits per heavy atom. The first-order chi connectivity index (χ1) is 21.3. The topological polar surface area (TPSA) is 54.1 Å². The fourth-order valence-electron chi connectivity index (χ4n) is 5.64. The lowest BCUT2D eigenvalue weighted by atomic mass is 10.0. The number of rotatable bonds is 16. The molecule has 0 bridgehead atoms. The average Bonchev–Trinajstić information content (AvgIpc) is 3.80. The first-order valence-electron chi connectivity index (χ1n) is 15.9. The molecule has 1 aromatic carbocycles. The molecule has 238 valence electrons. The van der Waals surface area contributed by atoms with Crippen molar-refractivity contribution >= 4 is 74.7 Å². The molecule has 0 aliphatic carbocycles. The minimum absolute atomic E-state index is 0.522.